The average molecular weight is 396 g/mol. The lowest BCUT2D eigenvalue weighted by molar-refractivity contribution is -0.116. The van der Waals surface area contributed by atoms with Gasteiger partial charge in [-0.15, -0.1) is 0 Å². The molecule has 1 N–H and O–H groups in total. The van der Waals surface area contributed by atoms with Gasteiger partial charge in [-0.25, -0.2) is 4.39 Å². The van der Waals surface area contributed by atoms with Crippen LogP contribution in [0.25, 0.3) is 11.4 Å². The molecule has 0 saturated heterocycles. The highest BCUT2D eigenvalue weighted by Crippen LogP contribution is 2.20. The van der Waals surface area contributed by atoms with Gasteiger partial charge >= 0.3 is 0 Å². The van der Waals surface area contributed by atoms with E-state index < -0.39 is 0 Å². The zero-order valence-corrected chi connectivity index (χ0v) is 16.9. The molecule has 0 saturated carbocycles. The van der Waals surface area contributed by atoms with Crippen molar-refractivity contribution in [3.63, 3.8) is 0 Å². The minimum Gasteiger partial charge on any atom is -0.372 e. The number of aromatic nitrogens is 2. The van der Waals surface area contributed by atoms with Crippen LogP contribution < -0.4 is 10.2 Å². The Balaban J connectivity index is 1.54. The Kier molecular flexibility index (Phi) is 6.59. The molecule has 7 heteroatoms. The highest BCUT2D eigenvalue weighted by molar-refractivity contribution is 5.90. The highest BCUT2D eigenvalue weighted by Gasteiger charge is 2.12. The Morgan fingerprint density at radius 3 is 2.52 bits per heavy atom. The second-order valence-electron chi connectivity index (χ2n) is 6.74. The van der Waals surface area contributed by atoms with Crippen molar-refractivity contribution < 1.29 is 13.7 Å². The number of nitrogens with one attached hydrogen (secondary N) is 1. The SMILES string of the molecule is CCN(CC)c1ccc(NC(=O)CCc2nc(-c3ccc(F)c(C)c3)no2)cc1. The van der Waals surface area contributed by atoms with Crippen LogP contribution in [0.2, 0.25) is 0 Å². The lowest BCUT2D eigenvalue weighted by Gasteiger charge is -2.21. The molecule has 0 atom stereocenters. The van der Waals surface area contributed by atoms with E-state index in [9.17, 15) is 9.18 Å². The number of halogens is 1. The minimum absolute atomic E-state index is 0.127. The fourth-order valence-electron chi connectivity index (χ4n) is 3.05. The Morgan fingerprint density at radius 1 is 1.14 bits per heavy atom. The normalized spacial score (nSPS) is 10.8. The molecule has 0 fully saturated rings. The van der Waals surface area contributed by atoms with E-state index in [1.807, 2.05) is 24.3 Å². The number of amides is 1. The van der Waals surface area contributed by atoms with Crippen LogP contribution in [-0.2, 0) is 11.2 Å². The molecule has 0 aliphatic rings. The van der Waals surface area contributed by atoms with Crippen molar-refractivity contribution in [1.82, 2.24) is 10.1 Å². The molecule has 0 radical (unpaired) electrons. The van der Waals surface area contributed by atoms with Gasteiger partial charge in [-0.2, -0.15) is 4.98 Å². The molecule has 0 aliphatic carbocycles. The van der Waals surface area contributed by atoms with Crippen LogP contribution in [0.5, 0.6) is 0 Å². The van der Waals surface area contributed by atoms with E-state index in [1.165, 1.54) is 6.07 Å². The molecule has 152 valence electrons. The monoisotopic (exact) mass is 396 g/mol. The van der Waals surface area contributed by atoms with Gasteiger partial charge in [-0.05, 0) is 68.8 Å². The van der Waals surface area contributed by atoms with Gasteiger partial charge in [0.1, 0.15) is 5.82 Å². The predicted molar refractivity (Wildman–Crippen MR) is 111 cm³/mol. The highest BCUT2D eigenvalue weighted by atomic mass is 19.1. The summed E-state index contributed by atoms with van der Waals surface area (Å²) in [6.45, 7) is 7.77. The van der Waals surface area contributed by atoms with Crippen molar-refractivity contribution in [1.29, 1.82) is 0 Å². The summed E-state index contributed by atoms with van der Waals surface area (Å²) in [5.74, 6) is 0.349. The second kappa shape index (κ2) is 9.32. The van der Waals surface area contributed by atoms with Gasteiger partial charge in [0.2, 0.25) is 17.6 Å². The first-order valence-electron chi connectivity index (χ1n) is 9.74. The molecular formula is C22H25FN4O2. The lowest BCUT2D eigenvalue weighted by atomic mass is 10.1. The summed E-state index contributed by atoms with van der Waals surface area (Å²) in [4.78, 5) is 18.8. The molecule has 3 aromatic rings. The molecular weight excluding hydrogens is 371 g/mol. The van der Waals surface area contributed by atoms with E-state index in [-0.39, 0.29) is 18.1 Å². The van der Waals surface area contributed by atoms with E-state index in [2.05, 4.69) is 34.2 Å². The molecule has 29 heavy (non-hydrogen) atoms. The van der Waals surface area contributed by atoms with Gasteiger partial charge in [0, 0.05) is 42.9 Å². The number of benzene rings is 2. The van der Waals surface area contributed by atoms with Gasteiger partial charge in [-0.1, -0.05) is 5.16 Å². The summed E-state index contributed by atoms with van der Waals surface area (Å²) in [6.07, 6.45) is 0.554. The molecule has 0 aliphatic heterocycles. The van der Waals surface area contributed by atoms with Gasteiger partial charge in [0.25, 0.3) is 0 Å². The molecule has 0 spiro atoms. The zero-order chi connectivity index (χ0) is 20.8. The smallest absolute Gasteiger partial charge is 0.227 e. The van der Waals surface area contributed by atoms with Crippen LogP contribution in [0.4, 0.5) is 15.8 Å². The first kappa shape index (κ1) is 20.5. The summed E-state index contributed by atoms with van der Waals surface area (Å²) in [5, 5.41) is 6.79. The van der Waals surface area contributed by atoms with Gasteiger partial charge in [0.05, 0.1) is 0 Å². The maximum absolute atomic E-state index is 13.4. The van der Waals surface area contributed by atoms with Crippen LogP contribution in [0, 0.1) is 12.7 Å². The fourth-order valence-corrected chi connectivity index (χ4v) is 3.05. The summed E-state index contributed by atoms with van der Waals surface area (Å²) >= 11 is 0. The van der Waals surface area contributed by atoms with Gasteiger partial charge < -0.3 is 14.7 Å². The third kappa shape index (κ3) is 5.19. The summed E-state index contributed by atoms with van der Waals surface area (Å²) < 4.78 is 18.6. The fraction of sp³-hybridized carbons (Fsp3) is 0.318. The number of hydrogen-bond acceptors (Lipinski definition) is 5. The van der Waals surface area contributed by atoms with Crippen molar-refractivity contribution in [3.05, 3.63) is 59.7 Å². The minimum atomic E-state index is -0.278. The molecule has 1 heterocycles. The van der Waals surface area contributed by atoms with Crippen molar-refractivity contribution in [2.75, 3.05) is 23.3 Å². The molecule has 6 nitrogen and oxygen atoms in total. The number of carbonyl (C=O) groups is 1. The average Bonchev–Trinajstić information content (AvgIpc) is 3.20. The molecule has 0 unspecified atom stereocenters. The number of rotatable bonds is 8. The number of carbonyl (C=O) groups excluding carboxylic acids is 1. The predicted octanol–water partition coefficient (Wildman–Crippen LogP) is 4.60. The van der Waals surface area contributed by atoms with Crippen LogP contribution >= 0.6 is 0 Å². The topological polar surface area (TPSA) is 71.3 Å². The first-order valence-corrected chi connectivity index (χ1v) is 9.74. The maximum Gasteiger partial charge on any atom is 0.227 e. The van der Waals surface area contributed by atoms with E-state index in [0.717, 1.165) is 24.5 Å². The molecule has 2 aromatic carbocycles. The summed E-state index contributed by atoms with van der Waals surface area (Å²) in [7, 11) is 0. The molecule has 3 rings (SSSR count). The van der Waals surface area contributed by atoms with Gasteiger partial charge in [-0.3, -0.25) is 4.79 Å². The number of aryl methyl sites for hydroxylation is 2. The lowest BCUT2D eigenvalue weighted by Crippen LogP contribution is -2.21. The molecule has 1 amide bonds. The van der Waals surface area contributed by atoms with Gasteiger partial charge in [0.15, 0.2) is 0 Å². The van der Waals surface area contributed by atoms with Crippen LogP contribution in [0.1, 0.15) is 31.7 Å². The Labute approximate surface area is 169 Å². The summed E-state index contributed by atoms with van der Waals surface area (Å²) in [5.41, 5.74) is 3.07. The third-order valence-corrected chi connectivity index (χ3v) is 4.73. The Bertz CT molecular complexity index is 965. The molecule has 1 aromatic heterocycles. The van der Waals surface area contributed by atoms with Crippen molar-refractivity contribution in [3.8, 4) is 11.4 Å². The van der Waals surface area contributed by atoms with Crippen LogP contribution in [-0.4, -0.2) is 29.1 Å². The summed E-state index contributed by atoms with van der Waals surface area (Å²) in [6, 6.07) is 12.4. The largest absolute Gasteiger partial charge is 0.372 e. The number of hydrogen-bond donors (Lipinski definition) is 1. The third-order valence-electron chi connectivity index (χ3n) is 4.73. The van der Waals surface area contributed by atoms with Crippen molar-refractivity contribution in [2.45, 2.75) is 33.6 Å². The first-order chi connectivity index (χ1) is 14.0. The number of anilines is 2. The zero-order valence-electron chi connectivity index (χ0n) is 16.9. The second-order valence-corrected chi connectivity index (χ2v) is 6.74. The van der Waals surface area contributed by atoms with Crippen LogP contribution in [0.3, 0.4) is 0 Å². The van der Waals surface area contributed by atoms with E-state index >= 15 is 0 Å². The standard InChI is InChI=1S/C22H25FN4O2/c1-4-27(5-2)18-9-7-17(8-10-18)24-20(28)12-13-21-25-22(26-29-21)16-6-11-19(23)15(3)14-16/h6-11,14H,4-5,12-13H2,1-3H3,(H,24,28). The van der Waals surface area contributed by atoms with E-state index in [1.54, 1.807) is 19.1 Å². The Hall–Kier alpha value is -3.22. The maximum atomic E-state index is 13.4. The van der Waals surface area contributed by atoms with Crippen LogP contribution in [0.15, 0.2) is 47.0 Å². The van der Waals surface area contributed by atoms with E-state index in [0.29, 0.717) is 29.3 Å². The number of nitrogens with zero attached hydrogens (tertiary/aromatic N) is 3. The van der Waals surface area contributed by atoms with E-state index in [4.69, 9.17) is 4.52 Å². The quantitative estimate of drug-likeness (QED) is 0.602. The van der Waals surface area contributed by atoms with Crippen molar-refractivity contribution >= 4 is 17.3 Å². The Morgan fingerprint density at radius 2 is 1.86 bits per heavy atom. The van der Waals surface area contributed by atoms with Crippen molar-refractivity contribution in [2.24, 2.45) is 0 Å². The molecule has 0 bridgehead atoms.